The van der Waals surface area contributed by atoms with Crippen molar-refractivity contribution >= 4 is 6.09 Å². The number of carbonyl (C=O) groups is 1. The molecule has 1 aromatic heterocycles. The molecule has 0 unspecified atom stereocenters. The summed E-state index contributed by atoms with van der Waals surface area (Å²) in [6.45, 7) is 10.2. The second kappa shape index (κ2) is 5.36. The number of hydrogen-bond donors (Lipinski definition) is 0. The maximum absolute atomic E-state index is 12.6. The maximum atomic E-state index is 12.6. The molecule has 4 rings (SSSR count). The van der Waals surface area contributed by atoms with Crippen LogP contribution < -0.4 is 0 Å². The molecule has 0 atom stereocenters. The van der Waals surface area contributed by atoms with Gasteiger partial charge in [-0.3, -0.25) is 4.98 Å². The minimum atomic E-state index is -0.462. The van der Waals surface area contributed by atoms with Crippen molar-refractivity contribution in [2.24, 2.45) is 0 Å². The minimum Gasteiger partial charge on any atom is -0.444 e. The van der Waals surface area contributed by atoms with Gasteiger partial charge in [-0.05, 0) is 64.2 Å². The summed E-state index contributed by atoms with van der Waals surface area (Å²) < 4.78 is 5.62. The summed E-state index contributed by atoms with van der Waals surface area (Å²) in [7, 11) is 0. The zero-order chi connectivity index (χ0) is 16.7. The number of pyridine rings is 1. The molecule has 3 aliphatic rings. The van der Waals surface area contributed by atoms with E-state index in [-0.39, 0.29) is 17.0 Å². The van der Waals surface area contributed by atoms with Gasteiger partial charge in [-0.15, -0.1) is 6.58 Å². The zero-order valence-corrected chi connectivity index (χ0v) is 14.3. The molecule has 1 heterocycles. The van der Waals surface area contributed by atoms with E-state index in [2.05, 4.69) is 23.7 Å². The lowest BCUT2D eigenvalue weighted by molar-refractivity contribution is -0.162. The third-order valence-electron chi connectivity index (χ3n) is 5.04. The van der Waals surface area contributed by atoms with Gasteiger partial charge in [-0.25, -0.2) is 4.79 Å². The first-order valence-corrected chi connectivity index (χ1v) is 8.32. The maximum Gasteiger partial charge on any atom is 0.410 e. The highest BCUT2D eigenvalue weighted by Crippen LogP contribution is 2.70. The molecule has 0 aliphatic heterocycles. The summed E-state index contributed by atoms with van der Waals surface area (Å²) >= 11 is 0. The van der Waals surface area contributed by atoms with Gasteiger partial charge in [0.2, 0.25) is 0 Å². The smallest absolute Gasteiger partial charge is 0.410 e. The summed E-state index contributed by atoms with van der Waals surface area (Å²) in [6.07, 6.45) is 9.26. The summed E-state index contributed by atoms with van der Waals surface area (Å²) in [6, 6.07) is 4.20. The molecule has 0 saturated heterocycles. The number of nitrogens with zero attached hydrogens (tertiary/aromatic N) is 2. The van der Waals surface area contributed by atoms with E-state index in [4.69, 9.17) is 4.74 Å². The van der Waals surface area contributed by atoms with Crippen LogP contribution in [0.2, 0.25) is 0 Å². The first kappa shape index (κ1) is 16.0. The monoisotopic (exact) mass is 314 g/mol. The van der Waals surface area contributed by atoms with Crippen LogP contribution in [0.25, 0.3) is 0 Å². The third-order valence-corrected chi connectivity index (χ3v) is 5.04. The fraction of sp³-hybridized carbons (Fsp3) is 0.579. The molecule has 3 fully saturated rings. The van der Waals surface area contributed by atoms with Crippen molar-refractivity contribution in [3.8, 4) is 0 Å². The van der Waals surface area contributed by atoms with Crippen molar-refractivity contribution in [3.05, 3.63) is 42.7 Å². The van der Waals surface area contributed by atoms with Crippen molar-refractivity contribution < 1.29 is 9.53 Å². The highest BCUT2D eigenvalue weighted by atomic mass is 16.6. The zero-order valence-electron chi connectivity index (χ0n) is 14.3. The van der Waals surface area contributed by atoms with E-state index >= 15 is 0 Å². The van der Waals surface area contributed by atoms with Crippen LogP contribution in [-0.4, -0.2) is 33.7 Å². The third kappa shape index (κ3) is 2.75. The molecule has 0 N–H and O–H groups in total. The normalized spacial score (nSPS) is 28.3. The van der Waals surface area contributed by atoms with Crippen LogP contribution in [0.3, 0.4) is 0 Å². The molecule has 4 nitrogen and oxygen atoms in total. The number of hydrogen-bond acceptors (Lipinski definition) is 3. The Hall–Kier alpha value is -1.84. The Bertz CT molecular complexity index is 584. The van der Waals surface area contributed by atoms with E-state index in [0.29, 0.717) is 6.54 Å². The summed E-state index contributed by atoms with van der Waals surface area (Å²) in [5, 5.41) is 0. The van der Waals surface area contributed by atoms with Gasteiger partial charge in [-0.2, -0.15) is 0 Å². The summed E-state index contributed by atoms with van der Waals surface area (Å²) in [4.78, 5) is 18.7. The van der Waals surface area contributed by atoms with Crippen molar-refractivity contribution in [1.29, 1.82) is 0 Å². The fourth-order valence-electron chi connectivity index (χ4n) is 4.09. The molecule has 4 heteroatoms. The van der Waals surface area contributed by atoms with Crippen molar-refractivity contribution in [3.63, 3.8) is 0 Å². The van der Waals surface area contributed by atoms with E-state index in [1.165, 1.54) is 5.56 Å². The predicted octanol–water partition coefficient (Wildman–Crippen LogP) is 4.07. The Morgan fingerprint density at radius 3 is 2.48 bits per heavy atom. The highest BCUT2D eigenvalue weighted by Gasteiger charge is 2.71. The van der Waals surface area contributed by atoms with E-state index in [1.807, 2.05) is 44.1 Å². The molecule has 3 saturated carbocycles. The van der Waals surface area contributed by atoms with Gasteiger partial charge in [0.1, 0.15) is 5.60 Å². The predicted molar refractivity (Wildman–Crippen MR) is 90.3 cm³/mol. The van der Waals surface area contributed by atoms with Crippen molar-refractivity contribution in [2.75, 3.05) is 6.54 Å². The number of ether oxygens (including phenoxy) is 1. The van der Waals surface area contributed by atoms with Crippen molar-refractivity contribution in [1.82, 2.24) is 9.88 Å². The van der Waals surface area contributed by atoms with E-state index in [1.54, 1.807) is 0 Å². The van der Waals surface area contributed by atoms with Gasteiger partial charge in [0, 0.05) is 29.9 Å². The fourth-order valence-corrected chi connectivity index (χ4v) is 4.09. The second-order valence-electron chi connectivity index (χ2n) is 7.98. The van der Waals surface area contributed by atoms with Gasteiger partial charge in [-0.1, -0.05) is 6.08 Å². The van der Waals surface area contributed by atoms with E-state index in [9.17, 15) is 4.79 Å². The van der Waals surface area contributed by atoms with Gasteiger partial charge >= 0.3 is 6.09 Å². The first-order valence-electron chi connectivity index (χ1n) is 8.32. The largest absolute Gasteiger partial charge is 0.444 e. The summed E-state index contributed by atoms with van der Waals surface area (Å²) in [5.41, 5.74) is 1.11. The Labute approximate surface area is 138 Å². The SMILES string of the molecule is C=CCCN(C(=O)OC(C)(C)C)C12CC(c3ccncc3)(C1)C2. The Kier molecular flexibility index (Phi) is 3.74. The van der Waals surface area contributed by atoms with Crippen LogP contribution in [0.5, 0.6) is 0 Å². The van der Waals surface area contributed by atoms with Crippen LogP contribution >= 0.6 is 0 Å². The molecule has 124 valence electrons. The standard InChI is InChI=1S/C19H26N2O2/c1-5-6-11-21(16(22)23-17(2,3)4)19-12-18(13-19,14-19)15-7-9-20-10-8-15/h5,7-10H,1,6,11-14H2,2-4H3. The molecule has 0 spiro atoms. The lowest BCUT2D eigenvalue weighted by Gasteiger charge is -2.73. The average Bonchev–Trinajstić information content (AvgIpc) is 2.38. The number of aromatic nitrogens is 1. The molecule has 0 aromatic carbocycles. The Balaban J connectivity index is 1.71. The van der Waals surface area contributed by atoms with Gasteiger partial charge in [0.25, 0.3) is 0 Å². The lowest BCUT2D eigenvalue weighted by atomic mass is 9.37. The van der Waals surface area contributed by atoms with Gasteiger partial charge in [0.15, 0.2) is 0 Å². The Morgan fingerprint density at radius 1 is 1.35 bits per heavy atom. The van der Waals surface area contributed by atoms with Crippen molar-refractivity contribution in [2.45, 2.75) is 63.0 Å². The topological polar surface area (TPSA) is 42.4 Å². The van der Waals surface area contributed by atoms with Crippen LogP contribution in [0.4, 0.5) is 4.79 Å². The molecule has 1 aromatic rings. The second-order valence-corrected chi connectivity index (χ2v) is 7.98. The van der Waals surface area contributed by atoms with Crippen LogP contribution in [-0.2, 0) is 10.2 Å². The molecular formula is C19H26N2O2. The van der Waals surface area contributed by atoms with E-state index in [0.717, 1.165) is 25.7 Å². The molecule has 1 amide bonds. The number of carbonyl (C=O) groups excluding carboxylic acids is 1. The molecule has 23 heavy (non-hydrogen) atoms. The van der Waals surface area contributed by atoms with Gasteiger partial charge in [0.05, 0.1) is 0 Å². The quantitative estimate of drug-likeness (QED) is 0.769. The molecule has 3 aliphatic carbocycles. The first-order chi connectivity index (χ1) is 10.8. The van der Waals surface area contributed by atoms with E-state index < -0.39 is 5.60 Å². The summed E-state index contributed by atoms with van der Waals surface area (Å²) in [5.74, 6) is 0. The van der Waals surface area contributed by atoms with Crippen LogP contribution in [0.1, 0.15) is 52.0 Å². The minimum absolute atomic E-state index is 0.0192. The van der Waals surface area contributed by atoms with Gasteiger partial charge < -0.3 is 9.64 Å². The molecule has 2 bridgehead atoms. The average molecular weight is 314 g/mol. The molecule has 0 radical (unpaired) electrons. The van der Waals surface area contributed by atoms with Crippen LogP contribution in [0, 0.1) is 0 Å². The number of rotatable bonds is 5. The molecular weight excluding hydrogens is 288 g/mol. The lowest BCUT2D eigenvalue weighted by Crippen LogP contribution is -2.77. The van der Waals surface area contributed by atoms with Crippen LogP contribution in [0.15, 0.2) is 37.2 Å². The Morgan fingerprint density at radius 2 is 1.96 bits per heavy atom. The number of amides is 1. The highest BCUT2D eigenvalue weighted by molar-refractivity contribution is 5.71.